The predicted molar refractivity (Wildman–Crippen MR) is 107 cm³/mol. The van der Waals surface area contributed by atoms with Crippen molar-refractivity contribution in [3.63, 3.8) is 0 Å². The van der Waals surface area contributed by atoms with Gasteiger partial charge in [-0.3, -0.25) is 10.4 Å². The van der Waals surface area contributed by atoms with Crippen molar-refractivity contribution in [3.8, 4) is 0 Å². The molecule has 1 aromatic rings. The van der Waals surface area contributed by atoms with Crippen LogP contribution >= 0.6 is 12.2 Å². The summed E-state index contributed by atoms with van der Waals surface area (Å²) in [7, 11) is 0. The average molecular weight is 408 g/mol. The number of rotatable bonds is 3. The minimum Gasteiger partial charge on any atom is -0.380 e. The molecule has 0 unspecified atom stereocenters. The highest BCUT2D eigenvalue weighted by atomic mass is 32.1. The number of amidine groups is 1. The summed E-state index contributed by atoms with van der Waals surface area (Å²) >= 11 is 5.35. The van der Waals surface area contributed by atoms with E-state index in [0.717, 1.165) is 44.8 Å². The van der Waals surface area contributed by atoms with Crippen molar-refractivity contribution in [1.29, 1.82) is 0 Å². The van der Waals surface area contributed by atoms with Gasteiger partial charge in [-0.2, -0.15) is 5.10 Å². The van der Waals surface area contributed by atoms with Crippen molar-refractivity contribution in [1.82, 2.24) is 20.3 Å². The first-order chi connectivity index (χ1) is 13.7. The van der Waals surface area contributed by atoms with Crippen molar-refractivity contribution >= 4 is 29.0 Å². The molecule has 0 bridgehead atoms. The number of nitrogens with one attached hydrogen (secondary N) is 1. The van der Waals surface area contributed by atoms with Crippen molar-refractivity contribution in [3.05, 3.63) is 18.1 Å². The lowest BCUT2D eigenvalue weighted by molar-refractivity contribution is -0.169. The number of aromatic nitrogens is 2. The van der Waals surface area contributed by atoms with Crippen molar-refractivity contribution in [2.75, 3.05) is 57.5 Å². The van der Waals surface area contributed by atoms with Crippen LogP contribution in [0.25, 0.3) is 0 Å². The highest BCUT2D eigenvalue weighted by Gasteiger charge is 2.40. The molecule has 3 saturated heterocycles. The van der Waals surface area contributed by atoms with E-state index in [4.69, 9.17) is 32.2 Å². The normalized spacial score (nSPS) is 22.5. The van der Waals surface area contributed by atoms with Crippen LogP contribution in [0.1, 0.15) is 18.5 Å². The molecule has 3 aliphatic heterocycles. The molecule has 28 heavy (non-hydrogen) atoms. The molecule has 10 nitrogen and oxygen atoms in total. The third-order valence-corrected chi connectivity index (χ3v) is 5.47. The van der Waals surface area contributed by atoms with E-state index in [9.17, 15) is 0 Å². The maximum atomic E-state index is 6.09. The number of nitrogens with two attached hydrogens (primary N) is 1. The third kappa shape index (κ3) is 4.32. The summed E-state index contributed by atoms with van der Waals surface area (Å²) in [6, 6.07) is 0. The molecule has 4 rings (SSSR count). The second-order valence-electron chi connectivity index (χ2n) is 6.87. The smallest absolute Gasteiger partial charge is 0.189 e. The number of ether oxygens (including phenoxy) is 3. The summed E-state index contributed by atoms with van der Waals surface area (Å²) in [5.41, 5.74) is 9.43. The monoisotopic (exact) mass is 407 g/mol. The van der Waals surface area contributed by atoms with Crippen molar-refractivity contribution in [2.45, 2.75) is 18.6 Å². The Bertz CT molecular complexity index is 725. The molecule has 152 valence electrons. The quantitative estimate of drug-likeness (QED) is 0.298. The first-order valence-corrected chi connectivity index (χ1v) is 9.87. The van der Waals surface area contributed by atoms with Gasteiger partial charge < -0.3 is 29.7 Å². The van der Waals surface area contributed by atoms with E-state index >= 15 is 0 Å². The van der Waals surface area contributed by atoms with Gasteiger partial charge in [0.25, 0.3) is 0 Å². The van der Waals surface area contributed by atoms with Gasteiger partial charge in [-0.05, 0) is 12.2 Å². The molecule has 1 spiro atoms. The standard InChI is InChI=1S/C17H25N7O3S/c18-15(21-22-16(28)24-5-7-25-8-6-24)13-11-19-12-14(20-13)23-3-1-17(2-4-23)26-9-10-27-17/h11-12H,1-10H2,(H2,18,21)(H,22,28). The van der Waals surface area contributed by atoms with E-state index in [0.29, 0.717) is 37.2 Å². The molecule has 0 radical (unpaired) electrons. The van der Waals surface area contributed by atoms with E-state index in [1.165, 1.54) is 0 Å². The van der Waals surface area contributed by atoms with E-state index in [1.807, 2.05) is 4.90 Å². The van der Waals surface area contributed by atoms with E-state index < -0.39 is 5.79 Å². The van der Waals surface area contributed by atoms with E-state index in [-0.39, 0.29) is 5.84 Å². The maximum Gasteiger partial charge on any atom is 0.189 e. The van der Waals surface area contributed by atoms with Crippen LogP contribution in [-0.2, 0) is 14.2 Å². The van der Waals surface area contributed by atoms with Crippen LogP contribution in [0.3, 0.4) is 0 Å². The Hall–Kier alpha value is -2.08. The lowest BCUT2D eigenvalue weighted by Gasteiger charge is -2.38. The molecule has 3 fully saturated rings. The lowest BCUT2D eigenvalue weighted by atomic mass is 10.0. The average Bonchev–Trinajstić information content (AvgIpc) is 3.21. The number of piperidine rings is 1. The number of morpholine rings is 1. The topological polar surface area (TPSA) is 110 Å². The molecule has 3 aliphatic rings. The Morgan fingerprint density at radius 1 is 1.11 bits per heavy atom. The molecule has 0 saturated carbocycles. The van der Waals surface area contributed by atoms with Gasteiger partial charge in [0.2, 0.25) is 0 Å². The molecule has 0 amide bonds. The van der Waals surface area contributed by atoms with Gasteiger partial charge >= 0.3 is 0 Å². The fourth-order valence-corrected chi connectivity index (χ4v) is 3.72. The SMILES string of the molecule is N/C(=N/NC(=S)N1CCOCC1)c1cncc(N2CCC3(CC2)OCCO3)n1. The first kappa shape index (κ1) is 19.2. The number of hydrazone groups is 1. The Morgan fingerprint density at radius 2 is 1.82 bits per heavy atom. The zero-order valence-corrected chi connectivity index (χ0v) is 16.5. The Kier molecular flexibility index (Phi) is 5.85. The lowest BCUT2D eigenvalue weighted by Crippen LogP contribution is -2.45. The van der Waals surface area contributed by atoms with Gasteiger partial charge in [-0.15, -0.1) is 0 Å². The molecule has 11 heteroatoms. The summed E-state index contributed by atoms with van der Waals surface area (Å²) in [5.74, 6) is 0.585. The van der Waals surface area contributed by atoms with Gasteiger partial charge in [0.1, 0.15) is 11.5 Å². The fraction of sp³-hybridized carbons (Fsp3) is 0.647. The van der Waals surface area contributed by atoms with Gasteiger partial charge in [0, 0.05) is 39.0 Å². The summed E-state index contributed by atoms with van der Waals surface area (Å²) in [6.45, 7) is 5.69. The van der Waals surface area contributed by atoms with Gasteiger partial charge in [0.05, 0.1) is 38.8 Å². The van der Waals surface area contributed by atoms with Crippen LogP contribution in [0, 0.1) is 0 Å². The Labute approximate surface area is 169 Å². The van der Waals surface area contributed by atoms with Gasteiger partial charge in [-0.1, -0.05) is 0 Å². The molecule has 1 aromatic heterocycles. The number of anilines is 1. The molecule has 0 aliphatic carbocycles. The summed E-state index contributed by atoms with van der Waals surface area (Å²) in [5, 5.41) is 4.69. The maximum absolute atomic E-state index is 6.09. The predicted octanol–water partition coefficient (Wildman–Crippen LogP) is -0.353. The van der Waals surface area contributed by atoms with Crippen LogP contribution in [0.15, 0.2) is 17.5 Å². The summed E-state index contributed by atoms with van der Waals surface area (Å²) in [4.78, 5) is 13.0. The van der Waals surface area contributed by atoms with E-state index in [2.05, 4.69) is 25.4 Å². The summed E-state index contributed by atoms with van der Waals surface area (Å²) in [6.07, 6.45) is 4.93. The van der Waals surface area contributed by atoms with Crippen molar-refractivity contribution in [2.24, 2.45) is 10.8 Å². The minimum absolute atomic E-state index is 0.237. The van der Waals surface area contributed by atoms with Crippen LogP contribution in [-0.4, -0.2) is 84.2 Å². The fourth-order valence-electron chi connectivity index (χ4n) is 3.50. The minimum atomic E-state index is -0.416. The number of nitrogens with zero attached hydrogens (tertiary/aromatic N) is 5. The first-order valence-electron chi connectivity index (χ1n) is 9.46. The molecular weight excluding hydrogens is 382 g/mol. The second-order valence-corrected chi connectivity index (χ2v) is 7.26. The number of hydrogen-bond acceptors (Lipinski definition) is 8. The molecule has 0 atom stereocenters. The highest BCUT2D eigenvalue weighted by molar-refractivity contribution is 7.80. The third-order valence-electron chi connectivity index (χ3n) is 5.12. The molecule has 0 aromatic carbocycles. The Morgan fingerprint density at radius 3 is 2.54 bits per heavy atom. The Balaban J connectivity index is 1.37. The van der Waals surface area contributed by atoms with E-state index in [1.54, 1.807) is 12.4 Å². The largest absolute Gasteiger partial charge is 0.380 e. The van der Waals surface area contributed by atoms with Crippen LogP contribution in [0.5, 0.6) is 0 Å². The van der Waals surface area contributed by atoms with Crippen LogP contribution in [0.4, 0.5) is 5.82 Å². The van der Waals surface area contributed by atoms with Gasteiger partial charge in [-0.25, -0.2) is 4.98 Å². The number of thiocarbonyl (C=S) groups is 1. The highest BCUT2D eigenvalue weighted by Crippen LogP contribution is 2.32. The molecular formula is C17H25N7O3S. The number of hydrogen-bond donors (Lipinski definition) is 2. The van der Waals surface area contributed by atoms with Gasteiger partial charge in [0.15, 0.2) is 16.7 Å². The second kappa shape index (κ2) is 8.52. The zero-order valence-electron chi connectivity index (χ0n) is 15.7. The van der Waals surface area contributed by atoms with Crippen LogP contribution in [0.2, 0.25) is 0 Å². The molecule has 4 heterocycles. The van der Waals surface area contributed by atoms with Crippen LogP contribution < -0.4 is 16.1 Å². The summed E-state index contributed by atoms with van der Waals surface area (Å²) < 4.78 is 16.9. The zero-order chi connectivity index (χ0) is 19.4. The molecule has 3 N–H and O–H groups in total. The van der Waals surface area contributed by atoms with Crippen molar-refractivity contribution < 1.29 is 14.2 Å².